The van der Waals surface area contributed by atoms with E-state index in [-0.39, 0.29) is 22.2 Å². The summed E-state index contributed by atoms with van der Waals surface area (Å²) < 4.78 is 10.9. The van der Waals surface area contributed by atoms with E-state index in [2.05, 4.69) is 10.5 Å². The van der Waals surface area contributed by atoms with Crippen LogP contribution in [0.3, 0.4) is 0 Å². The number of nitrogens with zero attached hydrogens (tertiary/aromatic N) is 1. The number of amides is 1. The van der Waals surface area contributed by atoms with Crippen LogP contribution >= 0.6 is 23.2 Å². The summed E-state index contributed by atoms with van der Waals surface area (Å²) in [5, 5.41) is 4.40. The van der Waals surface area contributed by atoms with Crippen LogP contribution in [0, 0.1) is 0 Å². The molecule has 2 aromatic rings. The fourth-order valence-corrected chi connectivity index (χ4v) is 2.45. The Kier molecular flexibility index (Phi) is 7.00. The molecule has 8 heteroatoms. The van der Waals surface area contributed by atoms with E-state index in [4.69, 9.17) is 32.7 Å². The number of carbonyl (C=O) groups is 2. The molecule has 2 rings (SSSR count). The zero-order valence-electron chi connectivity index (χ0n) is 14.1. The second-order valence-electron chi connectivity index (χ2n) is 5.08. The van der Waals surface area contributed by atoms with Crippen LogP contribution in [0.5, 0.6) is 11.5 Å². The van der Waals surface area contributed by atoms with Crippen molar-refractivity contribution in [2.24, 2.45) is 5.10 Å². The van der Waals surface area contributed by atoms with E-state index in [9.17, 15) is 9.59 Å². The number of esters is 1. The van der Waals surface area contributed by atoms with E-state index in [0.29, 0.717) is 22.9 Å². The Morgan fingerprint density at radius 1 is 1.15 bits per heavy atom. The highest BCUT2D eigenvalue weighted by Gasteiger charge is 2.16. The van der Waals surface area contributed by atoms with Crippen molar-refractivity contribution in [2.45, 2.75) is 13.8 Å². The first-order valence-corrected chi connectivity index (χ1v) is 8.40. The molecule has 136 valence electrons. The maximum absolute atomic E-state index is 12.4. The standard InChI is InChI=1S/C18H16Cl2N2O4/c1-3-25-17-8-12(10-21-22-11(2)23)4-7-16(17)26-18(24)14-6-5-13(19)9-15(14)20/h4-10H,3H2,1-2H3,(H,22,23)/b21-10+. The second-order valence-corrected chi connectivity index (χ2v) is 5.92. The first-order chi connectivity index (χ1) is 12.4. The molecule has 0 aliphatic rings. The van der Waals surface area contributed by atoms with Crippen molar-refractivity contribution in [3.63, 3.8) is 0 Å². The monoisotopic (exact) mass is 394 g/mol. The third-order valence-electron chi connectivity index (χ3n) is 3.06. The molecule has 26 heavy (non-hydrogen) atoms. The van der Waals surface area contributed by atoms with Crippen LogP contribution in [-0.4, -0.2) is 24.7 Å². The van der Waals surface area contributed by atoms with Gasteiger partial charge in [0.25, 0.3) is 0 Å². The molecule has 0 saturated carbocycles. The van der Waals surface area contributed by atoms with Crippen molar-refractivity contribution in [3.05, 3.63) is 57.6 Å². The van der Waals surface area contributed by atoms with Gasteiger partial charge in [0.15, 0.2) is 11.5 Å². The van der Waals surface area contributed by atoms with Gasteiger partial charge in [0.05, 0.1) is 23.4 Å². The number of hydrogen-bond acceptors (Lipinski definition) is 5. The van der Waals surface area contributed by atoms with Gasteiger partial charge in [0.1, 0.15) is 0 Å². The van der Waals surface area contributed by atoms with Gasteiger partial charge in [-0.15, -0.1) is 0 Å². The molecule has 1 N–H and O–H groups in total. The molecule has 0 saturated heterocycles. The molecular formula is C18H16Cl2N2O4. The Hall–Kier alpha value is -2.57. The van der Waals surface area contributed by atoms with Crippen molar-refractivity contribution in [3.8, 4) is 11.5 Å². The van der Waals surface area contributed by atoms with Crippen LogP contribution < -0.4 is 14.9 Å². The van der Waals surface area contributed by atoms with Gasteiger partial charge in [-0.3, -0.25) is 4.79 Å². The number of hydrogen-bond donors (Lipinski definition) is 1. The molecule has 0 aliphatic heterocycles. The maximum atomic E-state index is 12.4. The number of rotatable bonds is 6. The summed E-state index contributed by atoms with van der Waals surface area (Å²) in [4.78, 5) is 23.2. The average molecular weight is 395 g/mol. The van der Waals surface area contributed by atoms with Crippen molar-refractivity contribution in [1.29, 1.82) is 0 Å². The third-order valence-corrected chi connectivity index (χ3v) is 3.60. The maximum Gasteiger partial charge on any atom is 0.345 e. The van der Waals surface area contributed by atoms with E-state index in [1.807, 2.05) is 0 Å². The summed E-state index contributed by atoms with van der Waals surface area (Å²) in [6.45, 7) is 3.53. The smallest absolute Gasteiger partial charge is 0.345 e. The van der Waals surface area contributed by atoms with E-state index >= 15 is 0 Å². The summed E-state index contributed by atoms with van der Waals surface area (Å²) in [5.41, 5.74) is 3.15. The predicted molar refractivity (Wildman–Crippen MR) is 100 cm³/mol. The SMILES string of the molecule is CCOc1cc(/C=N/NC(C)=O)ccc1OC(=O)c1ccc(Cl)cc1Cl. The van der Waals surface area contributed by atoms with E-state index in [1.54, 1.807) is 31.2 Å². The summed E-state index contributed by atoms with van der Waals surface area (Å²) in [7, 11) is 0. The zero-order chi connectivity index (χ0) is 19.1. The van der Waals surface area contributed by atoms with Crippen LogP contribution in [0.4, 0.5) is 0 Å². The lowest BCUT2D eigenvalue weighted by Crippen LogP contribution is -2.12. The van der Waals surface area contributed by atoms with E-state index in [1.165, 1.54) is 25.3 Å². The molecule has 1 amide bonds. The second kappa shape index (κ2) is 9.22. The first-order valence-electron chi connectivity index (χ1n) is 7.64. The normalized spacial score (nSPS) is 10.6. The third kappa shape index (κ3) is 5.47. The van der Waals surface area contributed by atoms with Gasteiger partial charge < -0.3 is 9.47 Å². The molecule has 6 nitrogen and oxygen atoms in total. The number of halogens is 2. The molecule has 0 spiro atoms. The van der Waals surface area contributed by atoms with Gasteiger partial charge in [-0.05, 0) is 48.9 Å². The average Bonchev–Trinajstić information content (AvgIpc) is 2.57. The fraction of sp³-hybridized carbons (Fsp3) is 0.167. The molecule has 2 aromatic carbocycles. The van der Waals surface area contributed by atoms with Crippen molar-refractivity contribution < 1.29 is 19.1 Å². The molecule has 0 heterocycles. The molecule has 0 aromatic heterocycles. The summed E-state index contributed by atoms with van der Waals surface area (Å²) in [5.74, 6) is -0.318. The van der Waals surface area contributed by atoms with Gasteiger partial charge in [-0.1, -0.05) is 23.2 Å². The number of hydrazone groups is 1. The van der Waals surface area contributed by atoms with Gasteiger partial charge >= 0.3 is 5.97 Å². The lowest BCUT2D eigenvalue weighted by molar-refractivity contribution is -0.118. The van der Waals surface area contributed by atoms with Gasteiger partial charge in [0, 0.05) is 11.9 Å². The largest absolute Gasteiger partial charge is 0.490 e. The van der Waals surface area contributed by atoms with Crippen molar-refractivity contribution in [2.75, 3.05) is 6.61 Å². The number of ether oxygens (including phenoxy) is 2. The molecule has 0 atom stereocenters. The summed E-state index contributed by atoms with van der Waals surface area (Å²) in [6, 6.07) is 9.38. The van der Waals surface area contributed by atoms with Gasteiger partial charge in [-0.25, -0.2) is 10.2 Å². The molecular weight excluding hydrogens is 379 g/mol. The highest BCUT2D eigenvalue weighted by Crippen LogP contribution is 2.30. The number of carbonyl (C=O) groups excluding carboxylic acids is 2. The van der Waals surface area contributed by atoms with E-state index in [0.717, 1.165) is 0 Å². The summed E-state index contributed by atoms with van der Waals surface area (Å²) in [6.07, 6.45) is 1.45. The Labute approximate surface area is 160 Å². The quantitative estimate of drug-likeness (QED) is 0.346. The van der Waals surface area contributed by atoms with Crippen LogP contribution in [-0.2, 0) is 4.79 Å². The fourth-order valence-electron chi connectivity index (χ4n) is 1.97. The highest BCUT2D eigenvalue weighted by atomic mass is 35.5. The van der Waals surface area contributed by atoms with Gasteiger partial charge in [-0.2, -0.15) is 5.10 Å². The zero-order valence-corrected chi connectivity index (χ0v) is 15.6. The molecule has 0 radical (unpaired) electrons. The molecule has 0 aliphatic carbocycles. The molecule has 0 unspecified atom stereocenters. The minimum absolute atomic E-state index is 0.190. The topological polar surface area (TPSA) is 77.0 Å². The number of benzene rings is 2. The van der Waals surface area contributed by atoms with Crippen LogP contribution in [0.2, 0.25) is 10.0 Å². The van der Waals surface area contributed by atoms with Crippen LogP contribution in [0.25, 0.3) is 0 Å². The minimum Gasteiger partial charge on any atom is -0.490 e. The van der Waals surface area contributed by atoms with Crippen molar-refractivity contribution >= 4 is 41.3 Å². The highest BCUT2D eigenvalue weighted by molar-refractivity contribution is 6.36. The van der Waals surface area contributed by atoms with Crippen LogP contribution in [0.15, 0.2) is 41.5 Å². The Balaban J connectivity index is 2.23. The van der Waals surface area contributed by atoms with E-state index < -0.39 is 5.97 Å². The minimum atomic E-state index is -0.632. The predicted octanol–water partition coefficient (Wildman–Crippen LogP) is 4.08. The lowest BCUT2D eigenvalue weighted by atomic mass is 10.2. The van der Waals surface area contributed by atoms with Gasteiger partial charge in [0.2, 0.25) is 5.91 Å². The summed E-state index contributed by atoms with van der Waals surface area (Å²) >= 11 is 11.9. The first kappa shape index (κ1) is 19.8. The molecule has 0 bridgehead atoms. The number of nitrogens with one attached hydrogen (secondary N) is 1. The Morgan fingerprint density at radius 3 is 2.58 bits per heavy atom. The molecule has 0 fully saturated rings. The lowest BCUT2D eigenvalue weighted by Gasteiger charge is -2.12. The van der Waals surface area contributed by atoms with Crippen molar-refractivity contribution in [1.82, 2.24) is 5.43 Å². The Bertz CT molecular complexity index is 853. The Morgan fingerprint density at radius 2 is 1.92 bits per heavy atom. The van der Waals surface area contributed by atoms with Crippen LogP contribution in [0.1, 0.15) is 29.8 Å².